The summed E-state index contributed by atoms with van der Waals surface area (Å²) in [5.41, 5.74) is 7.35. The van der Waals surface area contributed by atoms with Gasteiger partial charge in [-0.1, -0.05) is 26.0 Å². The van der Waals surface area contributed by atoms with Crippen LogP contribution >= 0.6 is 0 Å². The van der Waals surface area contributed by atoms with Crippen LogP contribution in [0.25, 0.3) is 0 Å². The van der Waals surface area contributed by atoms with Crippen molar-refractivity contribution < 1.29 is 44.7 Å². The molecule has 0 spiro atoms. The Hall–Kier alpha value is -3.18. The number of carbonyl (C=O) groups excluding carboxylic acids is 1. The summed E-state index contributed by atoms with van der Waals surface area (Å²) in [4.78, 5) is 53.5. The molecule has 9 N–H and O–H groups in total. The van der Waals surface area contributed by atoms with Gasteiger partial charge < -0.3 is 41.9 Å². The second kappa shape index (κ2) is 19.7. The van der Waals surface area contributed by atoms with Crippen LogP contribution in [0, 0.1) is 40.9 Å². The highest BCUT2D eigenvalue weighted by Gasteiger charge is 2.64. The van der Waals surface area contributed by atoms with Gasteiger partial charge in [0.2, 0.25) is 5.91 Å². The summed E-state index contributed by atoms with van der Waals surface area (Å²) in [5.74, 6) is -1.66. The molecule has 1 aromatic rings. The molecule has 1 heterocycles. The average Bonchev–Trinajstić information content (AvgIpc) is 3.56. The van der Waals surface area contributed by atoms with E-state index in [4.69, 9.17) is 5.73 Å². The zero-order valence-electron chi connectivity index (χ0n) is 35.1. The predicted octanol–water partition coefficient (Wildman–Crippen LogP) is 2.40. The molecule has 4 aliphatic carbocycles. The molecule has 1 saturated heterocycles. The molecule has 1 amide bonds. The summed E-state index contributed by atoms with van der Waals surface area (Å²) in [5, 5.41) is 58.3. The number of rotatable bonds is 16. The van der Waals surface area contributed by atoms with E-state index in [9.17, 15) is 44.7 Å². The van der Waals surface area contributed by atoms with Crippen LogP contribution in [0.3, 0.4) is 0 Å². The van der Waals surface area contributed by atoms with Crippen LogP contribution in [-0.2, 0) is 25.6 Å². The summed E-state index contributed by atoms with van der Waals surface area (Å²) >= 11 is 0. The first-order valence-corrected chi connectivity index (χ1v) is 22.1. The van der Waals surface area contributed by atoms with Crippen LogP contribution < -0.4 is 16.4 Å². The molecule has 5 fully saturated rings. The third kappa shape index (κ3) is 11.2. The number of anilines is 1. The molecular formula is C44H70N6O9. The smallest absolute Gasteiger partial charge is 0.317 e. The molecule has 15 nitrogen and oxygen atoms in total. The standard InChI is InChI=1S/C44H70N6O9/c1-28(34-8-9-36-42-35(12-14-44(34,36)59)43(2)13-11-31(45)22-30(43)23-37(42)51)3-10-38(52)47-32-6-4-29(5-7-32)21-33(46-24-39(53)54)25-48-15-17-49(26-40(55)56)19-20-50(18-16-48)27-41(57)58/h4-7,28,30-31,33-37,42,46,51,59H,3,8-27,45H2,1-2H3,(H,47,52)(H,53,54)(H,55,56)(H,57,58). The maximum atomic E-state index is 13.2. The minimum atomic E-state index is -0.984. The topological polar surface area (TPSA) is 229 Å². The van der Waals surface area contributed by atoms with Crippen LogP contribution in [0.5, 0.6) is 0 Å². The Morgan fingerprint density at radius 3 is 2.07 bits per heavy atom. The number of carbonyl (C=O) groups is 4. The minimum Gasteiger partial charge on any atom is -0.480 e. The fourth-order valence-corrected chi connectivity index (χ4v) is 12.3. The fourth-order valence-electron chi connectivity index (χ4n) is 12.3. The normalized spacial score (nSPS) is 34.2. The highest BCUT2D eigenvalue weighted by molar-refractivity contribution is 5.90. The van der Waals surface area contributed by atoms with Crippen LogP contribution in [0.4, 0.5) is 5.69 Å². The molecule has 11 atom stereocenters. The second-order valence-corrected chi connectivity index (χ2v) is 19.1. The first-order valence-electron chi connectivity index (χ1n) is 22.1. The average molecular weight is 827 g/mol. The number of fused-ring (bicyclic) bond motifs is 5. The number of nitrogens with two attached hydrogens (primary N) is 1. The number of nitrogens with one attached hydrogen (secondary N) is 2. The lowest BCUT2D eigenvalue weighted by Gasteiger charge is -2.62. The number of amides is 1. The largest absolute Gasteiger partial charge is 0.480 e. The summed E-state index contributed by atoms with van der Waals surface area (Å²) in [6, 6.07) is 7.50. The van der Waals surface area contributed by atoms with Crippen molar-refractivity contribution in [2.75, 3.05) is 70.8 Å². The van der Waals surface area contributed by atoms with Crippen molar-refractivity contribution in [3.05, 3.63) is 29.8 Å². The number of hydrogen-bond donors (Lipinski definition) is 8. The van der Waals surface area contributed by atoms with Crippen molar-refractivity contribution in [3.8, 4) is 0 Å². The lowest BCUT2D eigenvalue weighted by Crippen LogP contribution is -2.61. The first kappa shape index (κ1) is 45.3. The van der Waals surface area contributed by atoms with Gasteiger partial charge in [-0.25, -0.2) is 0 Å². The van der Waals surface area contributed by atoms with Gasteiger partial charge in [0.05, 0.1) is 31.3 Å². The number of aliphatic hydroxyl groups is 2. The molecule has 1 aromatic carbocycles. The molecule has 6 rings (SSSR count). The molecule has 0 bridgehead atoms. The molecule has 59 heavy (non-hydrogen) atoms. The molecule has 0 radical (unpaired) electrons. The quantitative estimate of drug-likeness (QED) is 0.120. The van der Waals surface area contributed by atoms with Crippen molar-refractivity contribution in [3.63, 3.8) is 0 Å². The highest BCUT2D eigenvalue weighted by atomic mass is 16.4. The molecule has 5 aliphatic rings. The van der Waals surface area contributed by atoms with Gasteiger partial charge in [-0.05, 0) is 123 Å². The van der Waals surface area contributed by atoms with Crippen molar-refractivity contribution in [2.24, 2.45) is 46.7 Å². The Labute approximate surface area is 349 Å². The summed E-state index contributed by atoms with van der Waals surface area (Å²) in [6.07, 6.45) is 8.55. The van der Waals surface area contributed by atoms with E-state index >= 15 is 0 Å². The first-order chi connectivity index (χ1) is 28.0. The Balaban J connectivity index is 1.01. The van der Waals surface area contributed by atoms with Gasteiger partial charge in [0.15, 0.2) is 0 Å². The monoisotopic (exact) mass is 827 g/mol. The van der Waals surface area contributed by atoms with Crippen molar-refractivity contribution in [1.29, 1.82) is 0 Å². The van der Waals surface area contributed by atoms with Gasteiger partial charge in [0, 0.05) is 70.0 Å². The molecule has 1 aliphatic heterocycles. The van der Waals surface area contributed by atoms with E-state index in [0.717, 1.165) is 56.9 Å². The van der Waals surface area contributed by atoms with E-state index in [1.165, 1.54) is 0 Å². The molecule has 4 saturated carbocycles. The van der Waals surface area contributed by atoms with Crippen LogP contribution in [-0.4, -0.2) is 153 Å². The number of carboxylic acid groups (broad SMARTS) is 3. The Bertz CT molecular complexity index is 1590. The minimum absolute atomic E-state index is 0.0880. The summed E-state index contributed by atoms with van der Waals surface area (Å²) in [7, 11) is 0. The van der Waals surface area contributed by atoms with Crippen LogP contribution in [0.15, 0.2) is 24.3 Å². The third-order valence-corrected chi connectivity index (χ3v) is 15.4. The van der Waals surface area contributed by atoms with Crippen LogP contribution in [0.1, 0.15) is 83.6 Å². The van der Waals surface area contributed by atoms with Gasteiger partial charge in [0.25, 0.3) is 0 Å². The molecule has 15 heteroatoms. The second-order valence-electron chi connectivity index (χ2n) is 19.1. The molecule has 11 unspecified atom stereocenters. The SMILES string of the molecule is CC(CCC(=O)Nc1ccc(CC(CN2CCN(CC(=O)O)CCN(CC(=O)O)CC2)NCC(=O)O)cc1)C1CCC2C3C(O)CC4CC(N)CCC4(C)C3CCC12O. The molecule has 330 valence electrons. The van der Waals surface area contributed by atoms with Gasteiger partial charge in [0.1, 0.15) is 0 Å². The summed E-state index contributed by atoms with van der Waals surface area (Å²) in [6.45, 7) is 7.45. The number of nitrogens with zero attached hydrogens (tertiary/aromatic N) is 3. The molecule has 0 aromatic heterocycles. The van der Waals surface area contributed by atoms with Gasteiger partial charge in [-0.15, -0.1) is 0 Å². The Morgan fingerprint density at radius 1 is 0.831 bits per heavy atom. The van der Waals surface area contributed by atoms with E-state index in [1.54, 1.807) is 9.80 Å². The van der Waals surface area contributed by atoms with Gasteiger partial charge in [-0.3, -0.25) is 33.9 Å². The van der Waals surface area contributed by atoms with Crippen LogP contribution in [0.2, 0.25) is 0 Å². The maximum Gasteiger partial charge on any atom is 0.317 e. The Morgan fingerprint density at radius 2 is 1.46 bits per heavy atom. The van der Waals surface area contributed by atoms with Gasteiger partial charge in [-0.2, -0.15) is 0 Å². The van der Waals surface area contributed by atoms with Crippen molar-refractivity contribution in [1.82, 2.24) is 20.0 Å². The summed E-state index contributed by atoms with van der Waals surface area (Å²) < 4.78 is 0. The number of benzene rings is 1. The zero-order valence-corrected chi connectivity index (χ0v) is 35.1. The Kier molecular flexibility index (Phi) is 15.1. The van der Waals surface area contributed by atoms with E-state index in [1.807, 2.05) is 24.3 Å². The maximum absolute atomic E-state index is 13.2. The molecular weight excluding hydrogens is 757 g/mol. The third-order valence-electron chi connectivity index (χ3n) is 15.4. The number of carboxylic acids is 3. The predicted molar refractivity (Wildman–Crippen MR) is 223 cm³/mol. The number of hydrogen-bond acceptors (Lipinski definition) is 11. The lowest BCUT2D eigenvalue weighted by molar-refractivity contribution is -0.195. The lowest BCUT2D eigenvalue weighted by atomic mass is 9.45. The van der Waals surface area contributed by atoms with E-state index in [2.05, 4.69) is 29.4 Å². The number of aliphatic hydroxyl groups excluding tert-OH is 1. The van der Waals surface area contributed by atoms with Crippen molar-refractivity contribution in [2.45, 2.75) is 108 Å². The highest BCUT2D eigenvalue weighted by Crippen LogP contribution is 2.65. The number of aliphatic carboxylic acids is 3. The zero-order chi connectivity index (χ0) is 42.5. The van der Waals surface area contributed by atoms with E-state index in [0.29, 0.717) is 82.6 Å². The van der Waals surface area contributed by atoms with Gasteiger partial charge >= 0.3 is 17.9 Å². The van der Waals surface area contributed by atoms with E-state index < -0.39 is 29.6 Å². The van der Waals surface area contributed by atoms with Crippen molar-refractivity contribution >= 4 is 29.5 Å². The van der Waals surface area contributed by atoms with E-state index in [-0.39, 0.29) is 66.7 Å². The fraction of sp³-hybridized carbons (Fsp3) is 0.773.